The van der Waals surface area contributed by atoms with Crippen LogP contribution in [0, 0.1) is 16.7 Å². The van der Waals surface area contributed by atoms with E-state index >= 15 is 0 Å². The first kappa shape index (κ1) is 23.4. The highest BCUT2D eigenvalue weighted by Gasteiger charge is 2.59. The summed E-state index contributed by atoms with van der Waals surface area (Å²) in [6.45, 7) is 3.91. The molecule has 0 heterocycles. The van der Waals surface area contributed by atoms with Crippen LogP contribution in [-0.2, 0) is 16.9 Å². The van der Waals surface area contributed by atoms with Crippen molar-refractivity contribution in [3.8, 4) is 6.07 Å². The van der Waals surface area contributed by atoms with Gasteiger partial charge in [0.25, 0.3) is 0 Å². The van der Waals surface area contributed by atoms with E-state index < -0.39 is 63.6 Å². The third kappa shape index (κ3) is 4.43. The normalized spacial score (nSPS) is 14.4. The second kappa shape index (κ2) is 7.07. The van der Waals surface area contributed by atoms with Crippen LogP contribution >= 0.6 is 0 Å². The molecule has 1 N–H and O–H groups in total. The van der Waals surface area contributed by atoms with Gasteiger partial charge in [-0.1, -0.05) is 32.9 Å². The number of alkyl halides is 8. The van der Waals surface area contributed by atoms with Crippen molar-refractivity contribution in [3.63, 3.8) is 0 Å². The van der Waals surface area contributed by atoms with Gasteiger partial charge in [0, 0.05) is 16.5 Å². The number of carbonyl (C=O) groups is 1. The maximum Gasteiger partial charge on any atom is 0.458 e. The van der Waals surface area contributed by atoms with Crippen molar-refractivity contribution in [2.45, 2.75) is 39.0 Å². The number of hydrogen-bond acceptors (Lipinski definition) is 3. The third-order valence-electron chi connectivity index (χ3n) is 3.56. The number of benzene rings is 1. The Morgan fingerprint density at radius 3 is 1.86 bits per heavy atom. The first-order chi connectivity index (χ1) is 12.4. The summed E-state index contributed by atoms with van der Waals surface area (Å²) in [4.78, 5) is 12.1. The minimum Gasteiger partial charge on any atom is -0.506 e. The highest BCUT2D eigenvalue weighted by atomic mass is 19.4. The van der Waals surface area contributed by atoms with Crippen LogP contribution < -0.4 is 0 Å². The maximum absolute atomic E-state index is 13.4. The summed E-state index contributed by atoms with van der Waals surface area (Å²) in [6.07, 6.45) is -11.6. The second-order valence-electron chi connectivity index (χ2n) is 6.74. The van der Waals surface area contributed by atoms with Crippen molar-refractivity contribution in [3.05, 3.63) is 40.5 Å². The molecular weight excluding hydrogens is 402 g/mol. The highest BCUT2D eigenvalue weighted by Crippen LogP contribution is 2.46. The fourth-order valence-electron chi connectivity index (χ4n) is 2.07. The van der Waals surface area contributed by atoms with Crippen LogP contribution in [0.15, 0.2) is 23.8 Å². The van der Waals surface area contributed by atoms with Gasteiger partial charge in [0.15, 0.2) is 5.78 Å². The standard InChI is InChI=1S/C17H13F8NO2/c1-14(2,3)13(28)10(7-26)12(27)9-5-4-8(6-11(9)16(20,21)22)15(18,19)17(23,24)25/h4-6,27H,1-3H3. The number of nitrogens with zero attached hydrogens (tertiary/aromatic N) is 1. The summed E-state index contributed by atoms with van der Waals surface area (Å²) >= 11 is 0. The molecule has 0 aromatic heterocycles. The van der Waals surface area contributed by atoms with Crippen molar-refractivity contribution in [2.75, 3.05) is 0 Å². The van der Waals surface area contributed by atoms with E-state index in [1.807, 2.05) is 0 Å². The first-order valence-electron chi connectivity index (χ1n) is 7.40. The van der Waals surface area contributed by atoms with E-state index in [-0.39, 0.29) is 12.1 Å². The molecular formula is C17H13F8NO2. The molecule has 3 nitrogen and oxygen atoms in total. The van der Waals surface area contributed by atoms with Crippen molar-refractivity contribution in [1.29, 1.82) is 5.26 Å². The van der Waals surface area contributed by atoms with E-state index in [9.17, 15) is 45.0 Å². The van der Waals surface area contributed by atoms with Crippen LogP contribution in [0.2, 0.25) is 0 Å². The van der Waals surface area contributed by atoms with Gasteiger partial charge in [-0.3, -0.25) is 4.79 Å². The van der Waals surface area contributed by atoms with Crippen LogP contribution in [-0.4, -0.2) is 17.1 Å². The van der Waals surface area contributed by atoms with Crippen LogP contribution in [0.1, 0.15) is 37.5 Å². The average Bonchev–Trinajstić information content (AvgIpc) is 2.51. The summed E-state index contributed by atoms with van der Waals surface area (Å²) in [5, 5.41) is 19.1. The van der Waals surface area contributed by atoms with Gasteiger partial charge >= 0.3 is 18.3 Å². The Morgan fingerprint density at radius 2 is 1.50 bits per heavy atom. The summed E-state index contributed by atoms with van der Waals surface area (Å²) in [6, 6.07) is 0.948. The number of aliphatic hydroxyl groups excluding tert-OH is 1. The zero-order valence-electron chi connectivity index (χ0n) is 14.6. The third-order valence-corrected chi connectivity index (χ3v) is 3.56. The van der Waals surface area contributed by atoms with E-state index in [1.165, 1.54) is 26.8 Å². The minimum absolute atomic E-state index is 0.0326. The van der Waals surface area contributed by atoms with E-state index in [4.69, 9.17) is 5.26 Å². The molecule has 0 bridgehead atoms. The Morgan fingerprint density at radius 1 is 1.00 bits per heavy atom. The average molecular weight is 415 g/mol. The quantitative estimate of drug-likeness (QED) is 0.295. The Hall–Kier alpha value is -2.64. The molecule has 0 unspecified atom stereocenters. The molecule has 0 amide bonds. The predicted molar refractivity (Wildman–Crippen MR) is 81.0 cm³/mol. The van der Waals surface area contributed by atoms with Crippen LogP contribution in [0.5, 0.6) is 0 Å². The van der Waals surface area contributed by atoms with Gasteiger partial charge in [-0.25, -0.2) is 0 Å². The fraction of sp³-hybridized carbons (Fsp3) is 0.412. The molecule has 0 aliphatic heterocycles. The summed E-state index contributed by atoms with van der Waals surface area (Å²) in [5.41, 5.74) is -7.72. The number of aliphatic hydroxyl groups is 1. The monoisotopic (exact) mass is 415 g/mol. The minimum atomic E-state index is -6.16. The molecule has 1 aromatic carbocycles. The molecule has 0 saturated heterocycles. The Labute approximate surface area is 153 Å². The lowest BCUT2D eigenvalue weighted by Gasteiger charge is -2.22. The van der Waals surface area contributed by atoms with Crippen LogP contribution in [0.3, 0.4) is 0 Å². The number of carbonyl (C=O) groups excluding carboxylic acids is 1. The van der Waals surface area contributed by atoms with E-state index in [1.54, 1.807) is 0 Å². The van der Waals surface area contributed by atoms with Crippen LogP contribution in [0.25, 0.3) is 5.76 Å². The van der Waals surface area contributed by atoms with Crippen molar-refractivity contribution in [1.82, 2.24) is 0 Å². The van der Waals surface area contributed by atoms with Gasteiger partial charge in [0.05, 0.1) is 5.56 Å². The second-order valence-corrected chi connectivity index (χ2v) is 6.74. The summed E-state index contributed by atoms with van der Waals surface area (Å²) < 4.78 is 104. The van der Waals surface area contributed by atoms with Crippen molar-refractivity contribution < 1.29 is 45.0 Å². The van der Waals surface area contributed by atoms with E-state index in [2.05, 4.69) is 0 Å². The molecule has 154 valence electrons. The highest BCUT2D eigenvalue weighted by molar-refractivity contribution is 6.07. The van der Waals surface area contributed by atoms with Crippen LogP contribution in [0.4, 0.5) is 35.1 Å². The number of hydrogen-bond donors (Lipinski definition) is 1. The van der Waals surface area contributed by atoms with E-state index in [0.717, 1.165) is 0 Å². The molecule has 0 aliphatic carbocycles. The Balaban J connectivity index is 3.82. The van der Waals surface area contributed by atoms with Crippen molar-refractivity contribution in [2.24, 2.45) is 5.41 Å². The summed E-state index contributed by atoms with van der Waals surface area (Å²) in [5.74, 6) is -8.12. The molecule has 28 heavy (non-hydrogen) atoms. The topological polar surface area (TPSA) is 61.1 Å². The molecule has 11 heteroatoms. The number of nitriles is 1. The first-order valence-corrected chi connectivity index (χ1v) is 7.40. The van der Waals surface area contributed by atoms with Gasteiger partial charge in [-0.2, -0.15) is 40.4 Å². The van der Waals surface area contributed by atoms with Gasteiger partial charge in [-0.05, 0) is 6.07 Å². The molecule has 1 aromatic rings. The number of ketones is 1. The fourth-order valence-corrected chi connectivity index (χ4v) is 2.07. The lowest BCUT2D eigenvalue weighted by Crippen LogP contribution is -2.34. The van der Waals surface area contributed by atoms with Gasteiger partial charge in [0.1, 0.15) is 17.4 Å². The SMILES string of the molecule is CC(C)(C)C(=O)C(C#N)=C(O)c1ccc(C(F)(F)C(F)(F)F)cc1C(F)(F)F. The maximum atomic E-state index is 13.4. The number of allylic oxidation sites excluding steroid dienone is 1. The van der Waals surface area contributed by atoms with Gasteiger partial charge < -0.3 is 5.11 Å². The zero-order valence-corrected chi connectivity index (χ0v) is 14.6. The molecule has 0 radical (unpaired) electrons. The van der Waals surface area contributed by atoms with Gasteiger partial charge in [0.2, 0.25) is 0 Å². The lowest BCUT2D eigenvalue weighted by molar-refractivity contribution is -0.289. The van der Waals surface area contributed by atoms with E-state index in [0.29, 0.717) is 0 Å². The molecule has 0 aliphatic rings. The Bertz CT molecular complexity index is 852. The molecule has 1 rings (SSSR count). The molecule has 0 fully saturated rings. The van der Waals surface area contributed by atoms with Gasteiger partial charge in [-0.15, -0.1) is 0 Å². The largest absolute Gasteiger partial charge is 0.506 e. The molecule has 0 atom stereocenters. The van der Waals surface area contributed by atoms with Crippen molar-refractivity contribution >= 4 is 11.5 Å². The summed E-state index contributed by atoms with van der Waals surface area (Å²) in [7, 11) is 0. The molecule has 0 saturated carbocycles. The number of Topliss-reactive ketones (excluding diaryl/α,β-unsaturated/α-hetero) is 1. The zero-order chi connectivity index (χ0) is 22.3. The lowest BCUT2D eigenvalue weighted by atomic mass is 9.85. The number of halogens is 8. The molecule has 0 spiro atoms. The predicted octanol–water partition coefficient (Wildman–Crippen LogP) is 5.77. The Kier molecular flexibility index (Phi) is 5.91. The number of rotatable bonds is 3. The smallest absolute Gasteiger partial charge is 0.458 e.